The van der Waals surface area contributed by atoms with Crippen molar-refractivity contribution < 1.29 is 13.5 Å². The summed E-state index contributed by atoms with van der Waals surface area (Å²) in [6.07, 6.45) is 0. The van der Waals surface area contributed by atoms with Crippen LogP contribution >= 0.6 is 15.9 Å². The van der Waals surface area contributed by atoms with Gasteiger partial charge in [0, 0.05) is 11.0 Å². The van der Waals surface area contributed by atoms with Gasteiger partial charge in [-0.3, -0.25) is 0 Å². The molecule has 0 aromatic heterocycles. The zero-order chi connectivity index (χ0) is 11.5. The highest BCUT2D eigenvalue weighted by Crippen LogP contribution is 2.21. The van der Waals surface area contributed by atoms with Crippen LogP contribution in [0.5, 0.6) is 5.75 Å². The summed E-state index contributed by atoms with van der Waals surface area (Å²) in [5.41, 5.74) is 0. The van der Waals surface area contributed by atoms with Gasteiger partial charge in [-0.05, 0) is 12.1 Å². The number of phenols is 1. The smallest absolute Gasteiger partial charge is 0.244 e. The Kier molecular flexibility index (Phi) is 3.90. The maximum atomic E-state index is 11.6. The van der Waals surface area contributed by atoms with E-state index in [1.54, 1.807) is 6.07 Å². The zero-order valence-corrected chi connectivity index (χ0v) is 10.2. The fourth-order valence-electron chi connectivity index (χ4n) is 0.935. The second-order valence-electron chi connectivity index (χ2n) is 2.81. The molecule has 2 N–H and O–H groups in total. The van der Waals surface area contributed by atoms with Crippen molar-refractivity contribution in [2.45, 2.75) is 4.90 Å². The lowest BCUT2D eigenvalue weighted by Gasteiger charge is -2.06. The zero-order valence-electron chi connectivity index (χ0n) is 7.77. The second-order valence-corrected chi connectivity index (χ2v) is 5.67. The number of benzene rings is 1. The van der Waals surface area contributed by atoms with Crippen LogP contribution in [-0.4, -0.2) is 20.1 Å². The minimum atomic E-state index is -3.68. The fraction of sp³-hybridized carbons (Fsp3) is 0.111. The highest BCUT2D eigenvalue weighted by Gasteiger charge is 2.17. The van der Waals surface area contributed by atoms with Crippen LogP contribution in [0.1, 0.15) is 0 Å². The number of hydrogen-bond donors (Lipinski definition) is 2. The van der Waals surface area contributed by atoms with E-state index in [-0.39, 0.29) is 17.2 Å². The van der Waals surface area contributed by atoms with Gasteiger partial charge in [0.2, 0.25) is 10.0 Å². The summed E-state index contributed by atoms with van der Waals surface area (Å²) in [5.74, 6) is -0.273. The number of para-hydroxylation sites is 1. The molecule has 0 fully saturated rings. The largest absolute Gasteiger partial charge is 0.507 e. The first-order valence-electron chi connectivity index (χ1n) is 4.04. The van der Waals surface area contributed by atoms with Gasteiger partial charge in [0.05, 0.1) is 0 Å². The van der Waals surface area contributed by atoms with Crippen molar-refractivity contribution in [3.05, 3.63) is 35.3 Å². The third-order valence-corrected chi connectivity index (χ3v) is 3.34. The average Bonchev–Trinajstić information content (AvgIpc) is 2.15. The molecule has 0 unspecified atom stereocenters. The normalized spacial score (nSPS) is 11.3. The molecule has 4 nitrogen and oxygen atoms in total. The van der Waals surface area contributed by atoms with Crippen LogP contribution in [-0.2, 0) is 10.0 Å². The summed E-state index contributed by atoms with van der Waals surface area (Å²) < 4.78 is 26.0. The standard InChI is InChI=1S/C9H10BrNO3S/c1-7(10)6-11-15(13,14)9-5-3-2-4-8(9)12/h2-5,11-12H,1,6H2. The van der Waals surface area contributed by atoms with E-state index in [9.17, 15) is 13.5 Å². The molecule has 0 saturated heterocycles. The lowest BCUT2D eigenvalue weighted by molar-refractivity contribution is 0.458. The first-order chi connectivity index (χ1) is 6.93. The van der Waals surface area contributed by atoms with E-state index >= 15 is 0 Å². The molecular weight excluding hydrogens is 282 g/mol. The van der Waals surface area contributed by atoms with Crippen molar-refractivity contribution >= 4 is 26.0 Å². The maximum Gasteiger partial charge on any atom is 0.244 e. The van der Waals surface area contributed by atoms with Crippen molar-refractivity contribution in [2.24, 2.45) is 0 Å². The summed E-state index contributed by atoms with van der Waals surface area (Å²) >= 11 is 3.03. The molecule has 0 amide bonds. The van der Waals surface area contributed by atoms with Gasteiger partial charge in [-0.2, -0.15) is 0 Å². The Morgan fingerprint density at radius 3 is 2.60 bits per heavy atom. The molecule has 0 saturated carbocycles. The molecule has 15 heavy (non-hydrogen) atoms. The van der Waals surface area contributed by atoms with Gasteiger partial charge in [-0.1, -0.05) is 34.6 Å². The molecule has 0 aliphatic heterocycles. The summed E-state index contributed by atoms with van der Waals surface area (Å²) in [7, 11) is -3.68. The van der Waals surface area contributed by atoms with Gasteiger partial charge in [0.1, 0.15) is 10.6 Å². The van der Waals surface area contributed by atoms with E-state index in [1.807, 2.05) is 0 Å². The molecule has 0 atom stereocenters. The lowest BCUT2D eigenvalue weighted by Crippen LogP contribution is -2.24. The Hall–Kier alpha value is -0.850. The summed E-state index contributed by atoms with van der Waals surface area (Å²) in [6, 6.07) is 5.74. The van der Waals surface area contributed by atoms with Crippen LogP contribution in [0.2, 0.25) is 0 Å². The minimum Gasteiger partial charge on any atom is -0.507 e. The number of phenolic OH excluding ortho intramolecular Hbond substituents is 1. The number of nitrogens with one attached hydrogen (secondary N) is 1. The topological polar surface area (TPSA) is 66.4 Å². The van der Waals surface area contributed by atoms with Crippen molar-refractivity contribution in [1.29, 1.82) is 0 Å². The molecule has 0 bridgehead atoms. The minimum absolute atomic E-state index is 0.0800. The molecule has 0 heterocycles. The SMILES string of the molecule is C=C(Br)CNS(=O)(=O)c1ccccc1O. The molecule has 82 valence electrons. The van der Waals surface area contributed by atoms with Gasteiger partial charge in [-0.25, -0.2) is 13.1 Å². The summed E-state index contributed by atoms with van der Waals surface area (Å²) in [5, 5.41) is 9.36. The quantitative estimate of drug-likeness (QED) is 0.885. The number of halogens is 1. The summed E-state index contributed by atoms with van der Waals surface area (Å²) in [6.45, 7) is 3.58. The van der Waals surface area contributed by atoms with Crippen LogP contribution in [0, 0.1) is 0 Å². The number of sulfonamides is 1. The van der Waals surface area contributed by atoms with E-state index in [0.717, 1.165) is 0 Å². The van der Waals surface area contributed by atoms with Gasteiger partial charge in [0.25, 0.3) is 0 Å². The van der Waals surface area contributed by atoms with E-state index < -0.39 is 10.0 Å². The van der Waals surface area contributed by atoms with E-state index in [0.29, 0.717) is 4.48 Å². The Morgan fingerprint density at radius 2 is 2.07 bits per heavy atom. The third kappa shape index (κ3) is 3.33. The highest BCUT2D eigenvalue weighted by atomic mass is 79.9. The lowest BCUT2D eigenvalue weighted by atomic mass is 10.3. The Labute approximate surface area is 96.8 Å². The van der Waals surface area contributed by atoms with Crippen LogP contribution in [0.4, 0.5) is 0 Å². The maximum absolute atomic E-state index is 11.6. The molecule has 1 aromatic carbocycles. The van der Waals surface area contributed by atoms with Crippen molar-refractivity contribution in [3.8, 4) is 5.75 Å². The number of hydrogen-bond acceptors (Lipinski definition) is 3. The number of rotatable bonds is 4. The van der Waals surface area contributed by atoms with E-state index in [4.69, 9.17) is 0 Å². The molecule has 6 heteroatoms. The molecule has 0 aliphatic carbocycles. The molecular formula is C9H10BrNO3S. The predicted octanol–water partition coefficient (Wildman–Crippen LogP) is 1.58. The first kappa shape index (κ1) is 12.2. The van der Waals surface area contributed by atoms with Crippen LogP contribution in [0.25, 0.3) is 0 Å². The molecule has 1 aromatic rings. The van der Waals surface area contributed by atoms with Gasteiger partial charge in [-0.15, -0.1) is 0 Å². The number of aromatic hydroxyl groups is 1. The van der Waals surface area contributed by atoms with Gasteiger partial charge < -0.3 is 5.11 Å². The Morgan fingerprint density at radius 1 is 1.47 bits per heavy atom. The van der Waals surface area contributed by atoms with Crippen LogP contribution in [0.15, 0.2) is 40.2 Å². The van der Waals surface area contributed by atoms with Crippen LogP contribution in [0.3, 0.4) is 0 Å². The van der Waals surface area contributed by atoms with Crippen molar-refractivity contribution in [3.63, 3.8) is 0 Å². The second kappa shape index (κ2) is 4.78. The summed E-state index contributed by atoms with van der Waals surface area (Å²) in [4.78, 5) is -0.140. The van der Waals surface area contributed by atoms with Crippen molar-refractivity contribution in [1.82, 2.24) is 4.72 Å². The Bertz CT molecular complexity index is 470. The highest BCUT2D eigenvalue weighted by molar-refractivity contribution is 9.11. The molecule has 0 radical (unpaired) electrons. The van der Waals surface area contributed by atoms with E-state index in [1.165, 1.54) is 18.2 Å². The van der Waals surface area contributed by atoms with Gasteiger partial charge in [0.15, 0.2) is 0 Å². The predicted molar refractivity (Wildman–Crippen MR) is 61.4 cm³/mol. The first-order valence-corrected chi connectivity index (χ1v) is 6.32. The molecule has 0 aliphatic rings. The van der Waals surface area contributed by atoms with Gasteiger partial charge >= 0.3 is 0 Å². The third-order valence-electron chi connectivity index (χ3n) is 1.61. The molecule has 1 rings (SSSR count). The average molecular weight is 292 g/mol. The Balaban J connectivity index is 2.97. The van der Waals surface area contributed by atoms with Crippen molar-refractivity contribution in [2.75, 3.05) is 6.54 Å². The van der Waals surface area contributed by atoms with Crippen LogP contribution < -0.4 is 4.72 Å². The van der Waals surface area contributed by atoms with E-state index in [2.05, 4.69) is 27.2 Å². The molecule has 0 spiro atoms. The fourth-order valence-corrected chi connectivity index (χ4v) is 2.38. The monoisotopic (exact) mass is 291 g/mol.